The number of hydrogen-bond acceptors (Lipinski definition) is 2. The van der Waals surface area contributed by atoms with Crippen molar-refractivity contribution in [3.05, 3.63) is 34.9 Å². The van der Waals surface area contributed by atoms with Crippen LogP contribution in [0.3, 0.4) is 0 Å². The van der Waals surface area contributed by atoms with Crippen molar-refractivity contribution in [3.8, 4) is 0 Å². The first kappa shape index (κ1) is 14.9. The molecule has 1 atom stereocenters. The molecule has 1 aliphatic carbocycles. The molecule has 0 aromatic heterocycles. The zero-order chi connectivity index (χ0) is 14.3. The molecule has 0 fully saturated rings. The number of rotatable bonds is 3. The van der Waals surface area contributed by atoms with E-state index in [2.05, 4.69) is 12.1 Å². The monoisotopic (exact) mass is 300 g/mol. The van der Waals surface area contributed by atoms with Gasteiger partial charge in [0.2, 0.25) is 0 Å². The van der Waals surface area contributed by atoms with Gasteiger partial charge in [0.15, 0.2) is 9.84 Å². The second-order valence-electron chi connectivity index (χ2n) is 5.97. The smallest absolute Gasteiger partial charge is 0.154 e. The average Bonchev–Trinajstić information content (AvgIpc) is 2.36. The zero-order valence-electron chi connectivity index (χ0n) is 11.7. The van der Waals surface area contributed by atoms with Gasteiger partial charge in [-0.05, 0) is 56.2 Å². The quantitative estimate of drug-likeness (QED) is 0.798. The molecular weight excluding hydrogens is 280 g/mol. The standard InChI is InChI=1S/C15H21ClO2S/c1-15(2,19(3,17)18)14(16)13-9-8-11-6-4-5-7-12(11)10-13/h8-10,14H,4-7H2,1-3H3. The number of alkyl halides is 1. The lowest BCUT2D eigenvalue weighted by atomic mass is 9.88. The maximum atomic E-state index is 11.9. The summed E-state index contributed by atoms with van der Waals surface area (Å²) in [4.78, 5) is 0. The minimum absolute atomic E-state index is 0.519. The molecule has 1 aromatic rings. The molecule has 0 saturated heterocycles. The molecule has 0 aliphatic heterocycles. The first-order valence-corrected chi connectivity index (χ1v) is 9.01. The molecular formula is C15H21ClO2S. The van der Waals surface area contributed by atoms with Crippen molar-refractivity contribution < 1.29 is 8.42 Å². The minimum Gasteiger partial charge on any atom is -0.229 e. The Labute approximate surface area is 121 Å². The van der Waals surface area contributed by atoms with Crippen molar-refractivity contribution in [2.24, 2.45) is 0 Å². The number of halogens is 1. The van der Waals surface area contributed by atoms with E-state index in [4.69, 9.17) is 11.6 Å². The Morgan fingerprint density at radius 1 is 1.16 bits per heavy atom. The third-order valence-corrected chi connectivity index (χ3v) is 7.31. The highest BCUT2D eigenvalue weighted by atomic mass is 35.5. The number of benzene rings is 1. The van der Waals surface area contributed by atoms with E-state index in [1.165, 1.54) is 30.2 Å². The highest BCUT2D eigenvalue weighted by Gasteiger charge is 2.39. The van der Waals surface area contributed by atoms with Crippen molar-refractivity contribution in [1.29, 1.82) is 0 Å². The summed E-state index contributed by atoms with van der Waals surface area (Å²) >= 11 is 6.45. The van der Waals surface area contributed by atoms with Gasteiger partial charge in [0, 0.05) is 6.26 Å². The van der Waals surface area contributed by atoms with Crippen molar-refractivity contribution >= 4 is 21.4 Å². The molecule has 106 valence electrons. The van der Waals surface area contributed by atoms with Crippen LogP contribution in [0.2, 0.25) is 0 Å². The fourth-order valence-electron chi connectivity index (χ4n) is 2.50. The molecule has 1 aliphatic rings. The summed E-state index contributed by atoms with van der Waals surface area (Å²) < 4.78 is 22.8. The van der Waals surface area contributed by atoms with Gasteiger partial charge in [-0.15, -0.1) is 11.6 Å². The van der Waals surface area contributed by atoms with Gasteiger partial charge in [0.25, 0.3) is 0 Å². The molecule has 0 spiro atoms. The van der Waals surface area contributed by atoms with E-state index in [9.17, 15) is 8.42 Å². The molecule has 2 nitrogen and oxygen atoms in total. The van der Waals surface area contributed by atoms with Crippen LogP contribution >= 0.6 is 11.6 Å². The van der Waals surface area contributed by atoms with Gasteiger partial charge < -0.3 is 0 Å². The summed E-state index contributed by atoms with van der Waals surface area (Å²) in [5.41, 5.74) is 3.63. The maximum Gasteiger partial charge on any atom is 0.154 e. The molecule has 0 saturated carbocycles. The Morgan fingerprint density at radius 3 is 2.32 bits per heavy atom. The first-order valence-electron chi connectivity index (χ1n) is 6.69. The van der Waals surface area contributed by atoms with Crippen molar-refractivity contribution in [2.75, 3.05) is 6.26 Å². The fourth-order valence-corrected chi connectivity index (χ4v) is 3.63. The molecule has 0 N–H and O–H groups in total. The third-order valence-electron chi connectivity index (χ3n) is 4.23. The van der Waals surface area contributed by atoms with Crippen LogP contribution in [-0.4, -0.2) is 19.4 Å². The van der Waals surface area contributed by atoms with E-state index in [1.54, 1.807) is 13.8 Å². The Kier molecular flexibility index (Phi) is 3.99. The molecule has 2 rings (SSSR count). The van der Waals surface area contributed by atoms with Gasteiger partial charge in [-0.1, -0.05) is 18.2 Å². The molecule has 4 heteroatoms. The molecule has 0 heterocycles. The minimum atomic E-state index is -3.20. The fraction of sp³-hybridized carbons (Fsp3) is 0.600. The Balaban J connectivity index is 2.37. The van der Waals surface area contributed by atoms with Crippen molar-refractivity contribution in [2.45, 2.75) is 49.7 Å². The molecule has 1 unspecified atom stereocenters. The summed E-state index contributed by atoms with van der Waals surface area (Å²) in [5, 5.41) is -0.519. The Morgan fingerprint density at radius 2 is 1.74 bits per heavy atom. The van der Waals surface area contributed by atoms with Gasteiger partial charge in [0.05, 0.1) is 10.1 Å². The van der Waals surface area contributed by atoms with Crippen LogP contribution < -0.4 is 0 Å². The van der Waals surface area contributed by atoms with Gasteiger partial charge >= 0.3 is 0 Å². The number of fused-ring (bicyclic) bond motifs is 1. The van der Waals surface area contributed by atoms with Crippen LogP contribution in [0, 0.1) is 0 Å². The second kappa shape index (κ2) is 5.10. The first-order chi connectivity index (χ1) is 8.73. The second-order valence-corrected chi connectivity index (χ2v) is 9.01. The van der Waals surface area contributed by atoms with Crippen LogP contribution in [0.25, 0.3) is 0 Å². The lowest BCUT2D eigenvalue weighted by Crippen LogP contribution is -2.35. The predicted octanol–water partition coefficient (Wildman–Crippen LogP) is 3.67. The van der Waals surface area contributed by atoms with Crippen LogP contribution in [-0.2, 0) is 22.7 Å². The summed E-state index contributed by atoms with van der Waals surface area (Å²) in [6.45, 7) is 3.39. The largest absolute Gasteiger partial charge is 0.229 e. The summed E-state index contributed by atoms with van der Waals surface area (Å²) in [7, 11) is -3.20. The third kappa shape index (κ3) is 2.82. The molecule has 0 bridgehead atoms. The Bertz CT molecular complexity index is 576. The normalized spacial score (nSPS) is 17.9. The topological polar surface area (TPSA) is 34.1 Å². The van der Waals surface area contributed by atoms with E-state index in [0.29, 0.717) is 0 Å². The number of sulfone groups is 1. The van der Waals surface area contributed by atoms with Gasteiger partial charge in [-0.25, -0.2) is 8.42 Å². The maximum absolute atomic E-state index is 11.9. The Hall–Kier alpha value is -0.540. The SMILES string of the molecule is CC(C)(C(Cl)c1ccc2c(c1)CCCC2)S(C)(=O)=O. The van der Waals surface area contributed by atoms with E-state index >= 15 is 0 Å². The van der Waals surface area contributed by atoms with Crippen molar-refractivity contribution in [3.63, 3.8) is 0 Å². The number of hydrogen-bond donors (Lipinski definition) is 0. The lowest BCUT2D eigenvalue weighted by Gasteiger charge is -2.29. The van der Waals surface area contributed by atoms with Crippen LogP contribution in [0.1, 0.15) is 48.8 Å². The average molecular weight is 301 g/mol. The highest BCUT2D eigenvalue weighted by Crippen LogP contribution is 2.38. The lowest BCUT2D eigenvalue weighted by molar-refractivity contribution is 0.543. The van der Waals surface area contributed by atoms with E-state index < -0.39 is 20.0 Å². The van der Waals surface area contributed by atoms with Gasteiger partial charge in [-0.2, -0.15) is 0 Å². The van der Waals surface area contributed by atoms with Crippen LogP contribution in [0.4, 0.5) is 0 Å². The summed E-state index contributed by atoms with van der Waals surface area (Å²) in [6.07, 6.45) is 5.90. The highest BCUT2D eigenvalue weighted by molar-refractivity contribution is 7.92. The molecule has 0 radical (unpaired) electrons. The van der Waals surface area contributed by atoms with E-state index in [1.807, 2.05) is 6.07 Å². The number of aryl methyl sites for hydroxylation is 2. The molecule has 19 heavy (non-hydrogen) atoms. The summed E-state index contributed by atoms with van der Waals surface area (Å²) in [6, 6.07) is 6.19. The van der Waals surface area contributed by atoms with Crippen molar-refractivity contribution in [1.82, 2.24) is 0 Å². The molecule has 1 aromatic carbocycles. The van der Waals surface area contributed by atoms with E-state index in [0.717, 1.165) is 18.4 Å². The van der Waals surface area contributed by atoms with E-state index in [-0.39, 0.29) is 0 Å². The van der Waals surface area contributed by atoms with Crippen LogP contribution in [0.5, 0.6) is 0 Å². The zero-order valence-corrected chi connectivity index (χ0v) is 13.3. The molecule has 0 amide bonds. The van der Waals surface area contributed by atoms with Gasteiger partial charge in [0.1, 0.15) is 0 Å². The van der Waals surface area contributed by atoms with Gasteiger partial charge in [-0.3, -0.25) is 0 Å². The van der Waals surface area contributed by atoms with Crippen LogP contribution in [0.15, 0.2) is 18.2 Å². The summed E-state index contributed by atoms with van der Waals surface area (Å²) in [5.74, 6) is 0. The predicted molar refractivity (Wildman–Crippen MR) is 80.6 cm³/mol.